The zero-order valence-corrected chi connectivity index (χ0v) is 8.89. The lowest BCUT2D eigenvalue weighted by atomic mass is 9.93. The van der Waals surface area contributed by atoms with Gasteiger partial charge in [0.25, 0.3) is 0 Å². The minimum absolute atomic E-state index is 0.184. The molecule has 4 nitrogen and oxygen atoms in total. The SMILES string of the molecule is CCS(=O)(=O)N(CCN)C1CCC1. The summed E-state index contributed by atoms with van der Waals surface area (Å²) in [4.78, 5) is 0. The highest BCUT2D eigenvalue weighted by Crippen LogP contribution is 2.26. The number of hydrogen-bond acceptors (Lipinski definition) is 3. The fourth-order valence-electron chi connectivity index (χ4n) is 1.52. The van der Waals surface area contributed by atoms with Gasteiger partial charge in [0.15, 0.2) is 0 Å². The average molecular weight is 206 g/mol. The van der Waals surface area contributed by atoms with Gasteiger partial charge in [0, 0.05) is 19.1 Å². The molecule has 0 aromatic carbocycles. The topological polar surface area (TPSA) is 63.4 Å². The van der Waals surface area contributed by atoms with Gasteiger partial charge in [-0.1, -0.05) is 6.42 Å². The van der Waals surface area contributed by atoms with Gasteiger partial charge in [-0.3, -0.25) is 0 Å². The van der Waals surface area contributed by atoms with Crippen LogP contribution in [0.5, 0.6) is 0 Å². The third-order valence-corrected chi connectivity index (χ3v) is 4.48. The molecule has 5 heteroatoms. The van der Waals surface area contributed by atoms with Crippen molar-refractivity contribution in [1.29, 1.82) is 0 Å². The molecule has 1 fully saturated rings. The van der Waals surface area contributed by atoms with Crippen LogP contribution in [0.1, 0.15) is 26.2 Å². The van der Waals surface area contributed by atoms with Crippen LogP contribution in [0.25, 0.3) is 0 Å². The Morgan fingerprint density at radius 1 is 1.46 bits per heavy atom. The van der Waals surface area contributed by atoms with Crippen LogP contribution in [0.15, 0.2) is 0 Å². The molecular weight excluding hydrogens is 188 g/mol. The van der Waals surface area contributed by atoms with E-state index in [9.17, 15) is 8.42 Å². The molecule has 13 heavy (non-hydrogen) atoms. The molecule has 0 amide bonds. The Kier molecular flexibility index (Phi) is 3.70. The molecule has 2 N–H and O–H groups in total. The molecule has 1 aliphatic carbocycles. The van der Waals surface area contributed by atoms with Crippen molar-refractivity contribution in [3.05, 3.63) is 0 Å². The van der Waals surface area contributed by atoms with E-state index in [2.05, 4.69) is 0 Å². The molecule has 1 aliphatic rings. The van der Waals surface area contributed by atoms with Crippen LogP contribution in [-0.4, -0.2) is 37.6 Å². The van der Waals surface area contributed by atoms with Crippen molar-refractivity contribution in [3.8, 4) is 0 Å². The minimum atomic E-state index is -3.03. The summed E-state index contributed by atoms with van der Waals surface area (Å²) in [6, 6.07) is 0.230. The van der Waals surface area contributed by atoms with E-state index in [1.54, 1.807) is 11.2 Å². The fourth-order valence-corrected chi connectivity index (χ4v) is 2.90. The second kappa shape index (κ2) is 4.39. The number of sulfonamides is 1. The summed E-state index contributed by atoms with van der Waals surface area (Å²) in [6.45, 7) is 2.56. The van der Waals surface area contributed by atoms with E-state index in [-0.39, 0.29) is 11.8 Å². The third-order valence-electron chi connectivity index (χ3n) is 2.55. The van der Waals surface area contributed by atoms with Gasteiger partial charge in [0.1, 0.15) is 0 Å². The Morgan fingerprint density at radius 3 is 2.38 bits per heavy atom. The molecule has 0 spiro atoms. The molecule has 0 atom stereocenters. The Morgan fingerprint density at radius 2 is 2.08 bits per heavy atom. The monoisotopic (exact) mass is 206 g/mol. The third kappa shape index (κ3) is 2.42. The maximum absolute atomic E-state index is 11.6. The summed E-state index contributed by atoms with van der Waals surface area (Å²) in [6.07, 6.45) is 3.14. The molecule has 0 aliphatic heterocycles. The van der Waals surface area contributed by atoms with Gasteiger partial charge in [-0.2, -0.15) is 4.31 Å². The second-order valence-corrected chi connectivity index (χ2v) is 5.59. The Bertz CT molecular complexity index is 247. The highest BCUT2D eigenvalue weighted by atomic mass is 32.2. The summed E-state index contributed by atoms with van der Waals surface area (Å²) in [5.41, 5.74) is 5.39. The van der Waals surface area contributed by atoms with Gasteiger partial charge in [0.2, 0.25) is 10.0 Å². The molecule has 0 bridgehead atoms. The zero-order chi connectivity index (χ0) is 9.90. The first-order valence-corrected chi connectivity index (χ1v) is 6.42. The average Bonchev–Trinajstić information content (AvgIpc) is 2.00. The number of nitrogens with zero attached hydrogens (tertiary/aromatic N) is 1. The molecule has 1 rings (SSSR count). The molecule has 0 aromatic rings. The van der Waals surface area contributed by atoms with Crippen molar-refractivity contribution >= 4 is 10.0 Å². The van der Waals surface area contributed by atoms with Crippen molar-refractivity contribution in [2.75, 3.05) is 18.8 Å². The van der Waals surface area contributed by atoms with Crippen LogP contribution < -0.4 is 5.73 Å². The van der Waals surface area contributed by atoms with Crippen molar-refractivity contribution in [1.82, 2.24) is 4.31 Å². The van der Waals surface area contributed by atoms with Crippen LogP contribution in [0, 0.1) is 0 Å². The maximum atomic E-state index is 11.6. The smallest absolute Gasteiger partial charge is 0.214 e. The van der Waals surface area contributed by atoms with Gasteiger partial charge in [0.05, 0.1) is 5.75 Å². The highest BCUT2D eigenvalue weighted by molar-refractivity contribution is 7.89. The quantitative estimate of drug-likeness (QED) is 0.696. The van der Waals surface area contributed by atoms with Gasteiger partial charge in [-0.15, -0.1) is 0 Å². The second-order valence-electron chi connectivity index (χ2n) is 3.38. The van der Waals surface area contributed by atoms with Crippen LogP contribution in [-0.2, 0) is 10.0 Å². The fraction of sp³-hybridized carbons (Fsp3) is 1.00. The Hall–Kier alpha value is -0.130. The molecule has 78 valence electrons. The molecular formula is C8H18N2O2S. The van der Waals surface area contributed by atoms with Crippen molar-refractivity contribution in [3.63, 3.8) is 0 Å². The molecule has 0 aromatic heterocycles. The summed E-state index contributed by atoms with van der Waals surface area (Å²) in [7, 11) is -3.03. The zero-order valence-electron chi connectivity index (χ0n) is 8.07. The first-order chi connectivity index (χ1) is 6.11. The standard InChI is InChI=1S/C8H18N2O2S/c1-2-13(11,12)10(7-6-9)8-4-3-5-8/h8H,2-7,9H2,1H3. The van der Waals surface area contributed by atoms with Crippen molar-refractivity contribution < 1.29 is 8.42 Å². The van der Waals surface area contributed by atoms with Crippen molar-refractivity contribution in [2.24, 2.45) is 5.73 Å². The molecule has 1 saturated carbocycles. The lowest BCUT2D eigenvalue weighted by Gasteiger charge is -2.36. The van der Waals surface area contributed by atoms with Crippen LogP contribution in [0.3, 0.4) is 0 Å². The molecule has 0 radical (unpaired) electrons. The number of rotatable bonds is 5. The predicted molar refractivity (Wildman–Crippen MR) is 52.9 cm³/mol. The number of hydrogen-bond donors (Lipinski definition) is 1. The predicted octanol–water partition coefficient (Wildman–Crippen LogP) is 0.149. The van der Waals surface area contributed by atoms with Gasteiger partial charge < -0.3 is 5.73 Å². The van der Waals surface area contributed by atoms with Crippen molar-refractivity contribution in [2.45, 2.75) is 32.2 Å². The summed E-state index contributed by atoms with van der Waals surface area (Å²) >= 11 is 0. The van der Waals surface area contributed by atoms with Gasteiger partial charge >= 0.3 is 0 Å². The van der Waals surface area contributed by atoms with E-state index >= 15 is 0 Å². The lowest BCUT2D eigenvalue weighted by Crippen LogP contribution is -2.47. The van der Waals surface area contributed by atoms with E-state index in [0.717, 1.165) is 19.3 Å². The summed E-state index contributed by atoms with van der Waals surface area (Å²) < 4.78 is 24.8. The Labute approximate surface area is 80.1 Å². The molecule has 0 saturated heterocycles. The Balaban J connectivity index is 2.66. The van der Waals surface area contributed by atoms with E-state index in [1.807, 2.05) is 0 Å². The lowest BCUT2D eigenvalue weighted by molar-refractivity contribution is 0.223. The van der Waals surface area contributed by atoms with Crippen LogP contribution >= 0.6 is 0 Å². The maximum Gasteiger partial charge on any atom is 0.214 e. The van der Waals surface area contributed by atoms with Gasteiger partial charge in [-0.05, 0) is 19.8 Å². The first kappa shape index (κ1) is 10.9. The molecule has 0 unspecified atom stereocenters. The first-order valence-electron chi connectivity index (χ1n) is 4.81. The van der Waals surface area contributed by atoms with E-state index < -0.39 is 10.0 Å². The van der Waals surface area contributed by atoms with Gasteiger partial charge in [-0.25, -0.2) is 8.42 Å². The largest absolute Gasteiger partial charge is 0.329 e. The molecule has 0 heterocycles. The van der Waals surface area contributed by atoms with Crippen LogP contribution in [0.4, 0.5) is 0 Å². The van der Waals surface area contributed by atoms with Crippen LogP contribution in [0.2, 0.25) is 0 Å². The summed E-state index contributed by atoms with van der Waals surface area (Å²) in [5, 5.41) is 0. The van der Waals surface area contributed by atoms with E-state index in [1.165, 1.54) is 0 Å². The summed E-state index contributed by atoms with van der Waals surface area (Å²) in [5.74, 6) is 0.184. The number of nitrogens with two attached hydrogens (primary N) is 1. The normalized spacial score (nSPS) is 19.0. The van der Waals surface area contributed by atoms with E-state index in [4.69, 9.17) is 5.73 Å². The minimum Gasteiger partial charge on any atom is -0.329 e. The van der Waals surface area contributed by atoms with E-state index in [0.29, 0.717) is 13.1 Å². The highest BCUT2D eigenvalue weighted by Gasteiger charge is 2.31.